The Morgan fingerprint density at radius 3 is 2.80 bits per heavy atom. The highest BCUT2D eigenvalue weighted by molar-refractivity contribution is 7.88. The molecule has 1 heterocycles. The topological polar surface area (TPSA) is 58.6 Å². The normalized spacial score (nSPS) is 18.9. The third kappa shape index (κ3) is 4.15. The van der Waals surface area contributed by atoms with Crippen LogP contribution in [0.4, 0.5) is 0 Å². The number of hydrogen-bond acceptors (Lipinski definition) is 4. The molecule has 7 heteroatoms. The van der Waals surface area contributed by atoms with Crippen molar-refractivity contribution in [1.29, 1.82) is 0 Å². The lowest BCUT2D eigenvalue weighted by atomic mass is 10.1. The lowest BCUT2D eigenvalue weighted by molar-refractivity contribution is 0.271. The molecular weight excluding hydrogens is 360 g/mol. The molecule has 0 aliphatic carbocycles. The highest BCUT2D eigenvalue weighted by Gasteiger charge is 2.34. The van der Waals surface area contributed by atoms with Crippen molar-refractivity contribution >= 4 is 21.6 Å². The van der Waals surface area contributed by atoms with Gasteiger partial charge in [-0.2, -0.15) is 4.31 Å². The first-order chi connectivity index (χ1) is 12.0. The lowest BCUT2D eigenvalue weighted by Gasteiger charge is -2.36. The van der Waals surface area contributed by atoms with Crippen LogP contribution in [0.2, 0.25) is 5.02 Å². The van der Waals surface area contributed by atoms with E-state index in [1.807, 2.05) is 18.2 Å². The summed E-state index contributed by atoms with van der Waals surface area (Å²) < 4.78 is 32.9. The third-order valence-corrected chi connectivity index (χ3v) is 6.49. The van der Waals surface area contributed by atoms with Gasteiger partial charge in [0.25, 0.3) is 0 Å². The van der Waals surface area contributed by atoms with Gasteiger partial charge in [0.05, 0.1) is 18.9 Å². The summed E-state index contributed by atoms with van der Waals surface area (Å²) in [6, 6.07) is 14.2. The van der Waals surface area contributed by atoms with Gasteiger partial charge in [-0.3, -0.25) is 0 Å². The van der Waals surface area contributed by atoms with E-state index in [0.29, 0.717) is 36.0 Å². The number of benzene rings is 2. The zero-order chi connectivity index (χ0) is 17.9. The second-order valence-electron chi connectivity index (χ2n) is 5.96. The molecule has 1 aliphatic rings. The molecular formula is C18H21ClN2O3S. The van der Waals surface area contributed by atoms with E-state index in [9.17, 15) is 8.42 Å². The highest BCUT2D eigenvalue weighted by Crippen LogP contribution is 2.31. The van der Waals surface area contributed by atoms with Crippen LogP contribution in [0.25, 0.3) is 0 Å². The van der Waals surface area contributed by atoms with Crippen LogP contribution in [0, 0.1) is 0 Å². The van der Waals surface area contributed by atoms with Gasteiger partial charge in [0, 0.05) is 24.7 Å². The fourth-order valence-corrected chi connectivity index (χ4v) is 5.06. The fraction of sp³-hybridized carbons (Fsp3) is 0.333. The molecule has 134 valence electrons. The van der Waals surface area contributed by atoms with E-state index < -0.39 is 10.0 Å². The molecule has 1 saturated heterocycles. The monoisotopic (exact) mass is 380 g/mol. The van der Waals surface area contributed by atoms with E-state index in [-0.39, 0.29) is 11.8 Å². The molecule has 0 bridgehead atoms. The van der Waals surface area contributed by atoms with Crippen LogP contribution in [-0.2, 0) is 15.8 Å². The minimum absolute atomic E-state index is 0.0643. The number of rotatable bonds is 5. The Labute approximate surface area is 153 Å². The van der Waals surface area contributed by atoms with Crippen LogP contribution in [-0.4, -0.2) is 39.5 Å². The summed E-state index contributed by atoms with van der Waals surface area (Å²) >= 11 is 6.31. The Morgan fingerprint density at radius 2 is 2.04 bits per heavy atom. The van der Waals surface area contributed by atoms with Crippen LogP contribution in [0.1, 0.15) is 17.2 Å². The number of halogens is 1. The van der Waals surface area contributed by atoms with E-state index in [0.717, 1.165) is 5.56 Å². The fourth-order valence-electron chi connectivity index (χ4n) is 3.08. The molecule has 2 aromatic rings. The molecule has 5 nitrogen and oxygen atoms in total. The van der Waals surface area contributed by atoms with E-state index in [4.69, 9.17) is 16.3 Å². The molecule has 0 radical (unpaired) electrons. The van der Waals surface area contributed by atoms with E-state index in [1.165, 1.54) is 0 Å². The summed E-state index contributed by atoms with van der Waals surface area (Å²) in [5, 5.41) is 3.84. The van der Waals surface area contributed by atoms with Crippen molar-refractivity contribution in [3.8, 4) is 5.75 Å². The van der Waals surface area contributed by atoms with Gasteiger partial charge in [0.15, 0.2) is 0 Å². The molecule has 25 heavy (non-hydrogen) atoms. The Bertz CT molecular complexity index is 842. The van der Waals surface area contributed by atoms with Crippen LogP contribution < -0.4 is 10.1 Å². The van der Waals surface area contributed by atoms with Gasteiger partial charge in [-0.25, -0.2) is 8.42 Å². The highest BCUT2D eigenvalue weighted by atomic mass is 35.5. The number of sulfonamides is 1. The summed E-state index contributed by atoms with van der Waals surface area (Å²) in [7, 11) is -1.93. The van der Waals surface area contributed by atoms with Gasteiger partial charge in [0.2, 0.25) is 10.0 Å². The molecule has 0 aromatic heterocycles. The van der Waals surface area contributed by atoms with Crippen molar-refractivity contribution in [2.24, 2.45) is 0 Å². The van der Waals surface area contributed by atoms with Crippen LogP contribution >= 0.6 is 11.6 Å². The van der Waals surface area contributed by atoms with Gasteiger partial charge in [-0.15, -0.1) is 0 Å². The Balaban J connectivity index is 1.89. The van der Waals surface area contributed by atoms with Crippen molar-refractivity contribution in [3.63, 3.8) is 0 Å². The molecule has 1 unspecified atom stereocenters. The van der Waals surface area contributed by atoms with Gasteiger partial charge in [0.1, 0.15) is 5.75 Å². The quantitative estimate of drug-likeness (QED) is 0.866. The molecule has 1 N–H and O–H groups in total. The number of piperazine rings is 1. The van der Waals surface area contributed by atoms with Crippen molar-refractivity contribution in [2.45, 2.75) is 11.8 Å². The van der Waals surface area contributed by atoms with E-state index in [1.54, 1.807) is 41.7 Å². The zero-order valence-electron chi connectivity index (χ0n) is 14.0. The summed E-state index contributed by atoms with van der Waals surface area (Å²) in [4.78, 5) is 0. The first kappa shape index (κ1) is 18.2. The van der Waals surface area contributed by atoms with Gasteiger partial charge in [-0.05, 0) is 29.3 Å². The Kier molecular flexibility index (Phi) is 5.64. The number of nitrogens with zero attached hydrogens (tertiary/aromatic N) is 1. The first-order valence-corrected chi connectivity index (χ1v) is 10.1. The lowest BCUT2D eigenvalue weighted by Crippen LogP contribution is -2.49. The molecule has 1 atom stereocenters. The minimum Gasteiger partial charge on any atom is -0.497 e. The van der Waals surface area contributed by atoms with Gasteiger partial charge in [-0.1, -0.05) is 41.9 Å². The van der Waals surface area contributed by atoms with Crippen LogP contribution in [0.3, 0.4) is 0 Å². The van der Waals surface area contributed by atoms with Gasteiger partial charge >= 0.3 is 0 Å². The molecule has 1 aliphatic heterocycles. The maximum absolute atomic E-state index is 13.1. The summed E-state index contributed by atoms with van der Waals surface area (Å²) in [6.45, 7) is 1.58. The van der Waals surface area contributed by atoms with Crippen molar-refractivity contribution in [3.05, 3.63) is 64.7 Å². The van der Waals surface area contributed by atoms with E-state index in [2.05, 4.69) is 5.32 Å². The van der Waals surface area contributed by atoms with E-state index >= 15 is 0 Å². The second-order valence-corrected chi connectivity index (χ2v) is 8.29. The number of nitrogens with one attached hydrogen (secondary N) is 1. The average molecular weight is 381 g/mol. The molecule has 0 amide bonds. The predicted octanol–water partition coefficient (Wildman–Crippen LogP) is 2.82. The average Bonchev–Trinajstić information content (AvgIpc) is 2.62. The maximum Gasteiger partial charge on any atom is 0.218 e. The number of ether oxygens (including phenoxy) is 1. The largest absolute Gasteiger partial charge is 0.497 e. The summed E-state index contributed by atoms with van der Waals surface area (Å²) in [5.74, 6) is 0.584. The van der Waals surface area contributed by atoms with Crippen molar-refractivity contribution < 1.29 is 13.2 Å². The SMILES string of the molecule is COc1cccc(CS(=O)(=O)N2CCNCC2c2ccccc2Cl)c1. The first-order valence-electron chi connectivity index (χ1n) is 8.09. The maximum atomic E-state index is 13.1. The number of methoxy groups -OCH3 is 1. The summed E-state index contributed by atoms with van der Waals surface area (Å²) in [5.41, 5.74) is 1.53. The smallest absolute Gasteiger partial charge is 0.218 e. The van der Waals surface area contributed by atoms with Crippen molar-refractivity contribution in [1.82, 2.24) is 9.62 Å². The van der Waals surface area contributed by atoms with Crippen LogP contribution in [0.15, 0.2) is 48.5 Å². The zero-order valence-corrected chi connectivity index (χ0v) is 15.6. The Morgan fingerprint density at radius 1 is 1.24 bits per heavy atom. The van der Waals surface area contributed by atoms with Crippen molar-refractivity contribution in [2.75, 3.05) is 26.7 Å². The summed E-state index contributed by atoms with van der Waals surface area (Å²) in [6.07, 6.45) is 0. The standard InChI is InChI=1S/C18H21ClN2O3S/c1-24-15-6-4-5-14(11-15)13-25(22,23)21-10-9-20-12-18(21)16-7-2-3-8-17(16)19/h2-8,11,18,20H,9-10,12-13H2,1H3. The Hall–Kier alpha value is -1.60. The van der Waals surface area contributed by atoms with Gasteiger partial charge < -0.3 is 10.1 Å². The molecule has 0 saturated carbocycles. The molecule has 3 rings (SSSR count). The predicted molar refractivity (Wildman–Crippen MR) is 99.4 cm³/mol. The second kappa shape index (κ2) is 7.74. The van der Waals surface area contributed by atoms with Crippen LogP contribution in [0.5, 0.6) is 5.75 Å². The minimum atomic E-state index is -3.50. The molecule has 0 spiro atoms. The number of hydrogen-bond donors (Lipinski definition) is 1. The molecule has 2 aromatic carbocycles. The third-order valence-electron chi connectivity index (χ3n) is 4.30. The molecule has 1 fully saturated rings.